The summed E-state index contributed by atoms with van der Waals surface area (Å²) in [6.07, 6.45) is 1.52. The first kappa shape index (κ1) is 8.80. The van der Waals surface area contributed by atoms with E-state index in [1.165, 1.54) is 12.3 Å². The second-order valence-corrected chi connectivity index (χ2v) is 2.58. The van der Waals surface area contributed by atoms with Crippen molar-refractivity contribution >= 4 is 5.97 Å². The Morgan fingerprint density at radius 2 is 2.42 bits per heavy atom. The van der Waals surface area contributed by atoms with Crippen LogP contribution in [0.5, 0.6) is 0 Å². The molecular formula is C8H11NO3. The van der Waals surface area contributed by atoms with E-state index in [4.69, 9.17) is 5.11 Å². The van der Waals surface area contributed by atoms with Crippen LogP contribution in [-0.2, 0) is 0 Å². The van der Waals surface area contributed by atoms with Crippen LogP contribution >= 0.6 is 0 Å². The second kappa shape index (κ2) is 3.40. The molecule has 0 fully saturated rings. The van der Waals surface area contributed by atoms with Crippen LogP contribution in [0.25, 0.3) is 0 Å². The molecule has 12 heavy (non-hydrogen) atoms. The van der Waals surface area contributed by atoms with Gasteiger partial charge in [-0.15, -0.1) is 0 Å². The van der Waals surface area contributed by atoms with Crippen LogP contribution in [0.3, 0.4) is 0 Å². The summed E-state index contributed by atoms with van der Waals surface area (Å²) >= 11 is 0. The first-order valence-electron chi connectivity index (χ1n) is 3.74. The molecule has 4 nitrogen and oxygen atoms in total. The lowest BCUT2D eigenvalue weighted by Gasteiger charge is -2.02. The zero-order chi connectivity index (χ0) is 9.14. The summed E-state index contributed by atoms with van der Waals surface area (Å²) in [5, 5.41) is 17.9. The van der Waals surface area contributed by atoms with E-state index in [-0.39, 0.29) is 5.69 Å². The van der Waals surface area contributed by atoms with Crippen LogP contribution in [0, 0.1) is 0 Å². The van der Waals surface area contributed by atoms with Crippen LogP contribution in [0.2, 0.25) is 0 Å². The molecule has 0 unspecified atom stereocenters. The molecule has 1 aromatic rings. The lowest BCUT2D eigenvalue weighted by atomic mass is 10.1. The van der Waals surface area contributed by atoms with E-state index in [2.05, 4.69) is 4.98 Å². The largest absolute Gasteiger partial charge is 0.477 e. The van der Waals surface area contributed by atoms with Gasteiger partial charge in [-0.1, -0.05) is 6.92 Å². The average Bonchev–Trinajstić information content (AvgIpc) is 2.51. The van der Waals surface area contributed by atoms with Crippen molar-refractivity contribution in [2.45, 2.75) is 19.4 Å². The van der Waals surface area contributed by atoms with Gasteiger partial charge < -0.3 is 15.2 Å². The third-order valence-electron chi connectivity index (χ3n) is 1.71. The molecule has 0 bridgehead atoms. The van der Waals surface area contributed by atoms with Gasteiger partial charge in [-0.3, -0.25) is 0 Å². The summed E-state index contributed by atoms with van der Waals surface area (Å²) in [7, 11) is 0. The molecule has 3 N–H and O–H groups in total. The van der Waals surface area contributed by atoms with Crippen LogP contribution in [0.15, 0.2) is 12.3 Å². The molecule has 1 atom stereocenters. The summed E-state index contributed by atoms with van der Waals surface area (Å²) < 4.78 is 0. The van der Waals surface area contributed by atoms with E-state index in [0.717, 1.165) is 0 Å². The number of aromatic carboxylic acids is 1. The quantitative estimate of drug-likeness (QED) is 0.635. The highest BCUT2D eigenvalue weighted by molar-refractivity contribution is 5.85. The van der Waals surface area contributed by atoms with Crippen molar-refractivity contribution in [1.82, 2.24) is 4.98 Å². The summed E-state index contributed by atoms with van der Waals surface area (Å²) in [5.74, 6) is -1.01. The number of aliphatic hydroxyl groups is 1. The minimum atomic E-state index is -1.01. The first-order chi connectivity index (χ1) is 5.65. The molecule has 0 saturated carbocycles. The van der Waals surface area contributed by atoms with Crippen molar-refractivity contribution in [3.63, 3.8) is 0 Å². The molecule has 0 aromatic carbocycles. The third-order valence-corrected chi connectivity index (χ3v) is 1.71. The average molecular weight is 169 g/mol. The molecule has 0 aliphatic heterocycles. The lowest BCUT2D eigenvalue weighted by molar-refractivity contribution is 0.0691. The highest BCUT2D eigenvalue weighted by Gasteiger charge is 2.10. The Balaban J connectivity index is 2.84. The van der Waals surface area contributed by atoms with E-state index in [0.29, 0.717) is 12.0 Å². The molecule has 66 valence electrons. The van der Waals surface area contributed by atoms with Gasteiger partial charge in [-0.25, -0.2) is 4.79 Å². The highest BCUT2D eigenvalue weighted by atomic mass is 16.4. The van der Waals surface area contributed by atoms with Gasteiger partial charge in [0.25, 0.3) is 0 Å². The van der Waals surface area contributed by atoms with Crippen molar-refractivity contribution in [3.05, 3.63) is 23.5 Å². The maximum Gasteiger partial charge on any atom is 0.352 e. The maximum atomic E-state index is 10.4. The summed E-state index contributed by atoms with van der Waals surface area (Å²) in [6.45, 7) is 1.83. The van der Waals surface area contributed by atoms with Gasteiger partial charge in [0.15, 0.2) is 0 Å². The number of aliphatic hydroxyl groups excluding tert-OH is 1. The number of carboxylic acid groups (broad SMARTS) is 1. The third kappa shape index (κ3) is 1.65. The number of carbonyl (C=O) groups is 1. The Labute approximate surface area is 69.9 Å². The summed E-state index contributed by atoms with van der Waals surface area (Å²) in [4.78, 5) is 13.0. The fraction of sp³-hybridized carbons (Fsp3) is 0.375. The molecule has 1 heterocycles. The molecular weight excluding hydrogens is 158 g/mol. The number of H-pyrrole nitrogens is 1. The number of hydrogen-bond donors (Lipinski definition) is 3. The Hall–Kier alpha value is -1.29. The van der Waals surface area contributed by atoms with Crippen molar-refractivity contribution in [2.75, 3.05) is 0 Å². The number of nitrogens with one attached hydrogen (secondary N) is 1. The minimum Gasteiger partial charge on any atom is -0.477 e. The molecule has 1 rings (SSSR count). The van der Waals surface area contributed by atoms with Gasteiger partial charge >= 0.3 is 5.97 Å². The van der Waals surface area contributed by atoms with E-state index in [9.17, 15) is 9.90 Å². The van der Waals surface area contributed by atoms with E-state index >= 15 is 0 Å². The SMILES string of the molecule is CC[C@@H](O)c1c[nH]c(C(=O)O)c1. The monoisotopic (exact) mass is 169 g/mol. The zero-order valence-electron chi connectivity index (χ0n) is 6.74. The standard InChI is InChI=1S/C8H11NO3/c1-2-7(10)5-3-6(8(11)12)9-4-5/h3-4,7,9-10H,2H2,1H3,(H,11,12)/t7-/m1/s1. The number of rotatable bonds is 3. The van der Waals surface area contributed by atoms with Gasteiger partial charge in [0, 0.05) is 6.20 Å². The number of aromatic amines is 1. The zero-order valence-corrected chi connectivity index (χ0v) is 6.74. The van der Waals surface area contributed by atoms with Gasteiger partial charge in [-0.05, 0) is 18.1 Å². The van der Waals surface area contributed by atoms with Gasteiger partial charge in [0.1, 0.15) is 5.69 Å². The molecule has 4 heteroatoms. The molecule has 0 amide bonds. The maximum absolute atomic E-state index is 10.4. The first-order valence-corrected chi connectivity index (χ1v) is 3.74. The molecule has 0 radical (unpaired) electrons. The molecule has 0 saturated heterocycles. The number of hydrogen-bond acceptors (Lipinski definition) is 2. The predicted molar refractivity (Wildman–Crippen MR) is 43.0 cm³/mol. The Morgan fingerprint density at radius 3 is 2.83 bits per heavy atom. The topological polar surface area (TPSA) is 73.3 Å². The number of carboxylic acids is 1. The van der Waals surface area contributed by atoms with Crippen molar-refractivity contribution in [3.8, 4) is 0 Å². The van der Waals surface area contributed by atoms with Crippen molar-refractivity contribution < 1.29 is 15.0 Å². The summed E-state index contributed by atoms with van der Waals surface area (Å²) in [6, 6.07) is 1.44. The Bertz CT molecular complexity index is 280. The lowest BCUT2D eigenvalue weighted by Crippen LogP contribution is -1.95. The number of aromatic nitrogens is 1. The van der Waals surface area contributed by atoms with Crippen molar-refractivity contribution in [1.29, 1.82) is 0 Å². The van der Waals surface area contributed by atoms with Gasteiger partial charge in [0.05, 0.1) is 6.10 Å². The van der Waals surface area contributed by atoms with Crippen molar-refractivity contribution in [2.24, 2.45) is 0 Å². The van der Waals surface area contributed by atoms with Crippen LogP contribution in [-0.4, -0.2) is 21.2 Å². The molecule has 1 aromatic heterocycles. The molecule has 0 spiro atoms. The fourth-order valence-electron chi connectivity index (χ4n) is 0.963. The Morgan fingerprint density at radius 1 is 1.75 bits per heavy atom. The second-order valence-electron chi connectivity index (χ2n) is 2.58. The van der Waals surface area contributed by atoms with Crippen LogP contribution < -0.4 is 0 Å². The fourth-order valence-corrected chi connectivity index (χ4v) is 0.963. The normalized spacial score (nSPS) is 12.8. The molecule has 0 aliphatic carbocycles. The summed E-state index contributed by atoms with van der Waals surface area (Å²) in [5.41, 5.74) is 0.729. The van der Waals surface area contributed by atoms with Gasteiger partial charge in [-0.2, -0.15) is 0 Å². The highest BCUT2D eigenvalue weighted by Crippen LogP contribution is 2.16. The predicted octanol–water partition coefficient (Wildman–Crippen LogP) is 1.16. The molecule has 0 aliphatic rings. The van der Waals surface area contributed by atoms with Crippen LogP contribution in [0.1, 0.15) is 35.5 Å². The van der Waals surface area contributed by atoms with Crippen LogP contribution in [0.4, 0.5) is 0 Å². The Kier molecular flexibility index (Phi) is 2.50. The van der Waals surface area contributed by atoms with E-state index in [1.54, 1.807) is 0 Å². The van der Waals surface area contributed by atoms with E-state index in [1.807, 2.05) is 6.92 Å². The smallest absolute Gasteiger partial charge is 0.352 e. The minimum absolute atomic E-state index is 0.109. The van der Waals surface area contributed by atoms with Gasteiger partial charge in [0.2, 0.25) is 0 Å². The van der Waals surface area contributed by atoms with E-state index < -0.39 is 12.1 Å².